The molecule has 1 aromatic rings. The lowest BCUT2D eigenvalue weighted by molar-refractivity contribution is -0.137. The molecule has 0 saturated carbocycles. The van der Waals surface area contributed by atoms with Crippen LogP contribution in [0.25, 0.3) is 0 Å². The Bertz CT molecular complexity index is 491. The molecule has 2 amide bonds. The third kappa shape index (κ3) is 5.21. The highest BCUT2D eigenvalue weighted by molar-refractivity contribution is 9.10. The van der Waals surface area contributed by atoms with E-state index in [9.17, 15) is 9.59 Å². The number of aryl methyl sites for hydroxylation is 1. The molecule has 6 heteroatoms. The molecule has 0 saturated heterocycles. The molecule has 0 fully saturated rings. The molecule has 5 nitrogen and oxygen atoms in total. The van der Waals surface area contributed by atoms with Crippen molar-refractivity contribution in [1.29, 1.82) is 0 Å². The average Bonchev–Trinajstić information content (AvgIpc) is 2.39. The molecule has 1 unspecified atom stereocenters. The molecular formula is C14H19BrN2O3. The molecule has 0 aliphatic carbocycles. The molecule has 3 N–H and O–H groups in total. The maximum Gasteiger partial charge on any atom is 0.319 e. The van der Waals surface area contributed by atoms with E-state index in [0.29, 0.717) is 6.42 Å². The lowest BCUT2D eigenvalue weighted by Gasteiger charge is -2.16. The predicted molar refractivity (Wildman–Crippen MR) is 82.0 cm³/mol. The fraction of sp³-hybridized carbons (Fsp3) is 0.429. The highest BCUT2D eigenvalue weighted by Crippen LogP contribution is 2.21. The van der Waals surface area contributed by atoms with E-state index in [1.165, 1.54) is 0 Å². The van der Waals surface area contributed by atoms with Gasteiger partial charge in [-0.3, -0.25) is 4.79 Å². The zero-order valence-corrected chi connectivity index (χ0v) is 13.2. The first-order chi connectivity index (χ1) is 9.46. The maximum absolute atomic E-state index is 11.9. The van der Waals surface area contributed by atoms with Crippen LogP contribution in [0.2, 0.25) is 0 Å². The molecule has 0 bridgehead atoms. The molecule has 0 aliphatic rings. The van der Waals surface area contributed by atoms with Crippen LogP contribution in [0.4, 0.5) is 10.5 Å². The smallest absolute Gasteiger partial charge is 0.319 e. The van der Waals surface area contributed by atoms with E-state index in [0.717, 1.165) is 22.1 Å². The quantitative estimate of drug-likeness (QED) is 0.741. The first-order valence-electron chi connectivity index (χ1n) is 6.54. The number of hydrogen-bond acceptors (Lipinski definition) is 2. The standard InChI is InChI=1S/C14H19BrN2O3/c1-3-9-7-10(15)5-6-12(9)17-14(20)16-11(4-2)8-13(18)19/h5-7,11H,3-4,8H2,1-2H3,(H,18,19)(H2,16,17,20). The Balaban J connectivity index is 2.68. The van der Waals surface area contributed by atoms with E-state index in [4.69, 9.17) is 5.11 Å². The van der Waals surface area contributed by atoms with Crippen LogP contribution in [0.5, 0.6) is 0 Å². The van der Waals surface area contributed by atoms with Crippen molar-refractivity contribution in [3.63, 3.8) is 0 Å². The van der Waals surface area contributed by atoms with Crippen molar-refractivity contribution in [2.45, 2.75) is 39.2 Å². The summed E-state index contributed by atoms with van der Waals surface area (Å²) in [5.74, 6) is -0.921. The highest BCUT2D eigenvalue weighted by Gasteiger charge is 2.14. The number of hydrogen-bond donors (Lipinski definition) is 3. The van der Waals surface area contributed by atoms with Crippen molar-refractivity contribution in [2.24, 2.45) is 0 Å². The number of aliphatic carboxylic acids is 1. The van der Waals surface area contributed by atoms with Crippen LogP contribution >= 0.6 is 15.9 Å². The third-order valence-corrected chi connectivity index (χ3v) is 3.44. The van der Waals surface area contributed by atoms with Crippen LogP contribution in [0.15, 0.2) is 22.7 Å². The van der Waals surface area contributed by atoms with E-state index in [-0.39, 0.29) is 18.5 Å². The van der Waals surface area contributed by atoms with E-state index in [1.807, 2.05) is 32.0 Å². The van der Waals surface area contributed by atoms with Crippen molar-refractivity contribution in [1.82, 2.24) is 5.32 Å². The number of carboxylic acid groups (broad SMARTS) is 1. The lowest BCUT2D eigenvalue weighted by Crippen LogP contribution is -2.39. The second kappa shape index (κ2) is 7.89. The Morgan fingerprint density at radius 2 is 2.05 bits per heavy atom. The van der Waals surface area contributed by atoms with Crippen molar-refractivity contribution in [2.75, 3.05) is 5.32 Å². The van der Waals surface area contributed by atoms with E-state index in [2.05, 4.69) is 26.6 Å². The predicted octanol–water partition coefficient (Wildman–Crippen LogP) is 3.39. The summed E-state index contributed by atoms with van der Waals surface area (Å²) in [6.45, 7) is 3.84. The first-order valence-corrected chi connectivity index (χ1v) is 7.33. The van der Waals surface area contributed by atoms with Crippen molar-refractivity contribution >= 4 is 33.6 Å². The Morgan fingerprint density at radius 1 is 1.35 bits per heavy atom. The zero-order chi connectivity index (χ0) is 15.1. The maximum atomic E-state index is 11.9. The van der Waals surface area contributed by atoms with E-state index in [1.54, 1.807) is 0 Å². The molecule has 0 aromatic heterocycles. The Morgan fingerprint density at radius 3 is 2.60 bits per heavy atom. The SMILES string of the molecule is CCc1cc(Br)ccc1NC(=O)NC(CC)CC(=O)O. The monoisotopic (exact) mass is 342 g/mol. The number of benzene rings is 1. The van der Waals surface area contributed by atoms with Gasteiger partial charge >= 0.3 is 12.0 Å². The number of urea groups is 1. The van der Waals surface area contributed by atoms with Crippen LogP contribution in [0.3, 0.4) is 0 Å². The van der Waals surface area contributed by atoms with Gasteiger partial charge in [0.05, 0.1) is 6.42 Å². The molecule has 20 heavy (non-hydrogen) atoms. The molecule has 0 heterocycles. The Labute approximate surface area is 126 Å². The van der Waals surface area contributed by atoms with Gasteiger partial charge in [-0.25, -0.2) is 4.79 Å². The molecule has 110 valence electrons. The lowest BCUT2D eigenvalue weighted by atomic mass is 10.1. The number of rotatable bonds is 6. The number of carboxylic acids is 1. The second-order valence-corrected chi connectivity index (χ2v) is 5.37. The van der Waals surface area contributed by atoms with Gasteiger partial charge in [-0.05, 0) is 36.6 Å². The van der Waals surface area contributed by atoms with Crippen molar-refractivity contribution in [3.8, 4) is 0 Å². The summed E-state index contributed by atoms with van der Waals surface area (Å²) >= 11 is 3.39. The molecule has 1 atom stereocenters. The third-order valence-electron chi connectivity index (χ3n) is 2.95. The number of halogens is 1. The minimum atomic E-state index is -0.921. The van der Waals surface area contributed by atoms with Gasteiger partial charge in [0.1, 0.15) is 0 Å². The summed E-state index contributed by atoms with van der Waals surface area (Å²) in [4.78, 5) is 22.6. The average molecular weight is 343 g/mol. The van der Waals surface area contributed by atoms with Crippen LogP contribution < -0.4 is 10.6 Å². The van der Waals surface area contributed by atoms with Gasteiger partial charge < -0.3 is 15.7 Å². The topological polar surface area (TPSA) is 78.4 Å². The van der Waals surface area contributed by atoms with Crippen LogP contribution in [0.1, 0.15) is 32.3 Å². The molecule has 0 radical (unpaired) electrons. The van der Waals surface area contributed by atoms with Gasteiger partial charge in [-0.2, -0.15) is 0 Å². The van der Waals surface area contributed by atoms with Crippen LogP contribution in [-0.2, 0) is 11.2 Å². The number of amides is 2. The highest BCUT2D eigenvalue weighted by atomic mass is 79.9. The molecule has 1 rings (SSSR count). The summed E-state index contributed by atoms with van der Waals surface area (Å²) in [5, 5.41) is 14.2. The fourth-order valence-corrected chi connectivity index (χ4v) is 2.24. The number of carbonyl (C=O) groups is 2. The van der Waals surface area contributed by atoms with Gasteiger partial charge in [0, 0.05) is 16.2 Å². The van der Waals surface area contributed by atoms with Crippen molar-refractivity contribution < 1.29 is 14.7 Å². The van der Waals surface area contributed by atoms with Crippen LogP contribution in [0, 0.1) is 0 Å². The number of carbonyl (C=O) groups excluding carboxylic acids is 1. The summed E-state index contributed by atoms with van der Waals surface area (Å²) in [6, 6.07) is 4.87. The minimum absolute atomic E-state index is 0.0785. The summed E-state index contributed by atoms with van der Waals surface area (Å²) < 4.78 is 0.956. The summed E-state index contributed by atoms with van der Waals surface area (Å²) in [5.41, 5.74) is 1.75. The van der Waals surface area contributed by atoms with Crippen LogP contribution in [-0.4, -0.2) is 23.1 Å². The Hall–Kier alpha value is -1.56. The summed E-state index contributed by atoms with van der Waals surface area (Å²) in [6.07, 6.45) is 1.28. The molecular weight excluding hydrogens is 324 g/mol. The van der Waals surface area contributed by atoms with Crippen molar-refractivity contribution in [3.05, 3.63) is 28.2 Å². The molecule has 1 aromatic carbocycles. The van der Waals surface area contributed by atoms with E-state index >= 15 is 0 Å². The van der Waals surface area contributed by atoms with Gasteiger partial charge in [0.25, 0.3) is 0 Å². The second-order valence-electron chi connectivity index (χ2n) is 4.46. The first kappa shape index (κ1) is 16.5. The molecule has 0 aliphatic heterocycles. The largest absolute Gasteiger partial charge is 0.481 e. The Kier molecular flexibility index (Phi) is 6.51. The van der Waals surface area contributed by atoms with Gasteiger partial charge in [-0.1, -0.05) is 29.8 Å². The number of nitrogens with one attached hydrogen (secondary N) is 2. The summed E-state index contributed by atoms with van der Waals surface area (Å²) in [7, 11) is 0. The normalized spacial score (nSPS) is 11.8. The molecule has 0 spiro atoms. The van der Waals surface area contributed by atoms with Gasteiger partial charge in [-0.15, -0.1) is 0 Å². The zero-order valence-electron chi connectivity index (χ0n) is 11.6. The van der Waals surface area contributed by atoms with Gasteiger partial charge in [0.15, 0.2) is 0 Å². The minimum Gasteiger partial charge on any atom is -0.481 e. The van der Waals surface area contributed by atoms with E-state index < -0.39 is 5.97 Å². The fourth-order valence-electron chi connectivity index (χ4n) is 1.83. The number of anilines is 1. The van der Waals surface area contributed by atoms with Gasteiger partial charge in [0.2, 0.25) is 0 Å².